The standard InChI is InChI=1S/C26H23N7O8/c1-3-38-20(34)14-39-24-21(33(36)37)25(40-18-8-7-16(13-27)19(12-18)22(28)35)31-26(30-24)41-17-6-4-5-15(11-17)23-29-9-10-32(23)2/h4-8,11-12H,3,9-10,14H2,1-2H3,(H2,28,35). The Bertz CT molecular complexity index is 1580. The van der Waals surface area contributed by atoms with E-state index in [0.29, 0.717) is 6.54 Å². The number of amidine groups is 1. The van der Waals surface area contributed by atoms with Crippen molar-refractivity contribution in [2.24, 2.45) is 10.7 Å². The summed E-state index contributed by atoms with van der Waals surface area (Å²) in [6.07, 6.45) is 0. The zero-order chi connectivity index (χ0) is 29.5. The third-order valence-electron chi connectivity index (χ3n) is 5.57. The molecule has 0 radical (unpaired) electrons. The van der Waals surface area contributed by atoms with E-state index < -0.39 is 46.9 Å². The number of amides is 1. The Hall–Kier alpha value is -5.78. The molecule has 0 bridgehead atoms. The van der Waals surface area contributed by atoms with Crippen molar-refractivity contribution in [1.82, 2.24) is 14.9 Å². The fraction of sp³-hybridized carbons (Fsp3) is 0.231. The summed E-state index contributed by atoms with van der Waals surface area (Å²) in [5, 5.41) is 21.3. The average molecular weight is 562 g/mol. The Kier molecular flexibility index (Phi) is 8.53. The first-order valence-corrected chi connectivity index (χ1v) is 12.1. The molecule has 0 saturated carbocycles. The molecule has 0 unspecified atom stereocenters. The molecule has 0 saturated heterocycles. The lowest BCUT2D eigenvalue weighted by atomic mass is 10.1. The van der Waals surface area contributed by atoms with Gasteiger partial charge in [0.05, 0.1) is 35.3 Å². The lowest BCUT2D eigenvalue weighted by molar-refractivity contribution is -0.387. The lowest BCUT2D eigenvalue weighted by Crippen LogP contribution is -2.23. The molecule has 41 heavy (non-hydrogen) atoms. The van der Waals surface area contributed by atoms with E-state index >= 15 is 0 Å². The van der Waals surface area contributed by atoms with E-state index in [9.17, 15) is 25.0 Å². The van der Waals surface area contributed by atoms with Gasteiger partial charge in [0, 0.05) is 19.2 Å². The number of nitrogens with zero attached hydrogens (tertiary/aromatic N) is 6. The first-order valence-electron chi connectivity index (χ1n) is 12.1. The minimum atomic E-state index is -0.913. The summed E-state index contributed by atoms with van der Waals surface area (Å²) < 4.78 is 21.6. The second kappa shape index (κ2) is 12.4. The molecule has 3 aromatic rings. The third kappa shape index (κ3) is 6.63. The number of nitriles is 1. The van der Waals surface area contributed by atoms with Crippen LogP contribution in [-0.2, 0) is 9.53 Å². The number of primary amides is 1. The van der Waals surface area contributed by atoms with Crippen LogP contribution in [-0.4, -0.2) is 70.9 Å². The van der Waals surface area contributed by atoms with Crippen molar-refractivity contribution in [3.8, 4) is 35.3 Å². The van der Waals surface area contributed by atoms with Gasteiger partial charge in [0.25, 0.3) is 0 Å². The van der Waals surface area contributed by atoms with Crippen molar-refractivity contribution >= 4 is 23.4 Å². The van der Waals surface area contributed by atoms with E-state index in [1.165, 1.54) is 12.1 Å². The number of aliphatic imine (C=N–C) groups is 1. The molecule has 210 valence electrons. The summed E-state index contributed by atoms with van der Waals surface area (Å²) in [4.78, 5) is 49.4. The maximum atomic E-state index is 12.0. The van der Waals surface area contributed by atoms with Gasteiger partial charge in [0.2, 0.25) is 5.91 Å². The molecule has 15 heteroatoms. The highest BCUT2D eigenvalue weighted by atomic mass is 16.6. The molecule has 2 N–H and O–H groups in total. The molecule has 1 aliphatic heterocycles. The van der Waals surface area contributed by atoms with Crippen molar-refractivity contribution in [3.63, 3.8) is 0 Å². The van der Waals surface area contributed by atoms with Gasteiger partial charge in [0.1, 0.15) is 17.3 Å². The molecule has 0 spiro atoms. The molecule has 0 aliphatic carbocycles. The number of likely N-dealkylation sites (N-methyl/N-ethyl adjacent to an activating group) is 1. The predicted octanol–water partition coefficient (Wildman–Crippen LogP) is 2.57. The third-order valence-corrected chi connectivity index (χ3v) is 5.57. The minimum absolute atomic E-state index is 0.0260. The molecule has 1 amide bonds. The lowest BCUT2D eigenvalue weighted by Gasteiger charge is -2.15. The normalized spacial score (nSPS) is 12.2. The maximum absolute atomic E-state index is 12.0. The van der Waals surface area contributed by atoms with E-state index in [4.69, 9.17) is 24.7 Å². The van der Waals surface area contributed by atoms with Crippen LogP contribution in [0.25, 0.3) is 0 Å². The fourth-order valence-corrected chi connectivity index (χ4v) is 3.75. The van der Waals surface area contributed by atoms with Gasteiger partial charge >= 0.3 is 29.4 Å². The van der Waals surface area contributed by atoms with Crippen LogP contribution in [0.1, 0.15) is 28.4 Å². The summed E-state index contributed by atoms with van der Waals surface area (Å²) in [5.41, 5.74) is 5.08. The molecule has 2 heterocycles. The Morgan fingerprint density at radius 1 is 1.15 bits per heavy atom. The Balaban J connectivity index is 1.75. The number of hydrogen-bond acceptors (Lipinski definition) is 13. The largest absolute Gasteiger partial charge is 0.463 e. The number of carbonyl (C=O) groups excluding carboxylic acids is 2. The van der Waals surface area contributed by atoms with Crippen molar-refractivity contribution in [2.75, 3.05) is 33.4 Å². The molecule has 4 rings (SSSR count). The van der Waals surface area contributed by atoms with Gasteiger partial charge in [-0.1, -0.05) is 12.1 Å². The number of nitrogens with two attached hydrogens (primary N) is 1. The molecule has 0 fully saturated rings. The molecule has 0 atom stereocenters. The molecule has 1 aliphatic rings. The topological polar surface area (TPSA) is 205 Å². The SMILES string of the molecule is CCOC(=O)COc1nc(Oc2cccc(C3=NCCN3C)c2)nc(Oc2ccc(C#N)c(C(N)=O)c2)c1[N+](=O)[O-]. The van der Waals surface area contributed by atoms with Crippen LogP contribution in [0.15, 0.2) is 47.5 Å². The molecular formula is C26H23N7O8. The number of carbonyl (C=O) groups is 2. The van der Waals surface area contributed by atoms with Crippen LogP contribution in [0, 0.1) is 21.4 Å². The summed E-state index contributed by atoms with van der Waals surface area (Å²) in [7, 11) is 1.91. The summed E-state index contributed by atoms with van der Waals surface area (Å²) in [5.74, 6) is -2.05. The van der Waals surface area contributed by atoms with E-state index in [-0.39, 0.29) is 29.2 Å². The number of rotatable bonds is 11. The maximum Gasteiger partial charge on any atom is 0.392 e. The van der Waals surface area contributed by atoms with Gasteiger partial charge in [-0.15, -0.1) is 0 Å². The van der Waals surface area contributed by atoms with E-state index in [1.54, 1.807) is 25.1 Å². The van der Waals surface area contributed by atoms with E-state index in [0.717, 1.165) is 24.0 Å². The van der Waals surface area contributed by atoms with Crippen LogP contribution in [0.3, 0.4) is 0 Å². The first kappa shape index (κ1) is 28.2. The molecular weight excluding hydrogens is 538 g/mol. The van der Waals surface area contributed by atoms with Crippen molar-refractivity contribution < 1.29 is 33.5 Å². The second-order valence-electron chi connectivity index (χ2n) is 8.36. The van der Waals surface area contributed by atoms with E-state index in [1.807, 2.05) is 24.1 Å². The number of hydrogen-bond donors (Lipinski definition) is 1. The van der Waals surface area contributed by atoms with Crippen molar-refractivity contribution in [2.45, 2.75) is 6.92 Å². The number of esters is 1. The first-order chi connectivity index (χ1) is 19.7. The van der Waals surface area contributed by atoms with Crippen LogP contribution < -0.4 is 19.9 Å². The Morgan fingerprint density at radius 2 is 1.90 bits per heavy atom. The van der Waals surface area contributed by atoms with Gasteiger partial charge in [-0.25, -0.2) is 4.79 Å². The summed E-state index contributed by atoms with van der Waals surface area (Å²) >= 11 is 0. The zero-order valence-corrected chi connectivity index (χ0v) is 21.9. The van der Waals surface area contributed by atoms with Gasteiger partial charge in [-0.2, -0.15) is 15.2 Å². The number of nitro groups is 1. The fourth-order valence-electron chi connectivity index (χ4n) is 3.75. The number of ether oxygens (including phenoxy) is 4. The number of benzene rings is 2. The highest BCUT2D eigenvalue weighted by Crippen LogP contribution is 2.39. The quantitative estimate of drug-likeness (QED) is 0.204. The summed E-state index contributed by atoms with van der Waals surface area (Å²) in [6.45, 7) is 2.37. The number of aromatic nitrogens is 2. The molecule has 2 aromatic carbocycles. The van der Waals surface area contributed by atoms with E-state index in [2.05, 4.69) is 15.0 Å². The van der Waals surface area contributed by atoms with Crippen molar-refractivity contribution in [3.05, 3.63) is 69.3 Å². The van der Waals surface area contributed by atoms with Gasteiger partial charge < -0.3 is 29.6 Å². The van der Waals surface area contributed by atoms with Gasteiger partial charge in [-0.3, -0.25) is 19.9 Å². The highest BCUT2D eigenvalue weighted by Gasteiger charge is 2.30. The summed E-state index contributed by atoms with van der Waals surface area (Å²) in [6, 6.07) is 12.0. The second-order valence-corrected chi connectivity index (χ2v) is 8.36. The average Bonchev–Trinajstić information content (AvgIpc) is 3.37. The van der Waals surface area contributed by atoms with Crippen LogP contribution in [0.5, 0.6) is 29.3 Å². The zero-order valence-electron chi connectivity index (χ0n) is 21.9. The van der Waals surface area contributed by atoms with Crippen molar-refractivity contribution in [1.29, 1.82) is 5.26 Å². The highest BCUT2D eigenvalue weighted by molar-refractivity contribution is 6.00. The Labute approximate surface area is 232 Å². The van der Waals surface area contributed by atoms with Crippen LogP contribution in [0.4, 0.5) is 5.69 Å². The minimum Gasteiger partial charge on any atom is -0.463 e. The van der Waals surface area contributed by atoms with Crippen LogP contribution >= 0.6 is 0 Å². The van der Waals surface area contributed by atoms with Crippen LogP contribution in [0.2, 0.25) is 0 Å². The molecule has 1 aromatic heterocycles. The Morgan fingerprint density at radius 3 is 2.56 bits per heavy atom. The smallest absolute Gasteiger partial charge is 0.392 e. The predicted molar refractivity (Wildman–Crippen MR) is 141 cm³/mol. The monoisotopic (exact) mass is 561 g/mol. The van der Waals surface area contributed by atoms with Gasteiger partial charge in [0.15, 0.2) is 6.61 Å². The van der Waals surface area contributed by atoms with Gasteiger partial charge in [-0.05, 0) is 37.3 Å². The molecule has 15 nitrogen and oxygen atoms in total.